The molecule has 0 saturated heterocycles. The van der Waals surface area contributed by atoms with Crippen molar-refractivity contribution in [3.63, 3.8) is 0 Å². The molecule has 1 atom stereocenters. The predicted octanol–water partition coefficient (Wildman–Crippen LogP) is 18.0. The van der Waals surface area contributed by atoms with Crippen LogP contribution in [0.15, 0.2) is 24.3 Å². The van der Waals surface area contributed by atoms with Crippen LogP contribution < -0.4 is 0 Å². The van der Waals surface area contributed by atoms with Gasteiger partial charge < -0.3 is 14.9 Å². The van der Waals surface area contributed by atoms with Crippen LogP contribution in [0.2, 0.25) is 0 Å². The highest BCUT2D eigenvalue weighted by molar-refractivity contribution is 5.80. The molecule has 61 heavy (non-hydrogen) atoms. The summed E-state index contributed by atoms with van der Waals surface area (Å²) in [7, 11) is 0. The van der Waals surface area contributed by atoms with Crippen LogP contribution in [0.25, 0.3) is 0 Å². The molecule has 0 aliphatic carbocycles. The number of rotatable bonds is 49. The molecule has 0 heterocycles. The molecule has 0 rings (SSSR count). The van der Waals surface area contributed by atoms with Crippen molar-refractivity contribution >= 4 is 17.9 Å². The first-order valence-corrected chi connectivity index (χ1v) is 26.8. The summed E-state index contributed by atoms with van der Waals surface area (Å²) in [6.07, 6.45) is 54.9. The van der Waals surface area contributed by atoms with E-state index in [4.69, 9.17) is 4.74 Å². The molecule has 6 heteroatoms. The van der Waals surface area contributed by atoms with Gasteiger partial charge >= 0.3 is 17.9 Å². The number of esters is 1. The van der Waals surface area contributed by atoms with E-state index in [0.29, 0.717) is 19.3 Å². The molecule has 0 aromatic heterocycles. The van der Waals surface area contributed by atoms with E-state index >= 15 is 0 Å². The van der Waals surface area contributed by atoms with E-state index < -0.39 is 29.4 Å². The van der Waals surface area contributed by atoms with E-state index in [-0.39, 0.29) is 12.8 Å². The zero-order valence-corrected chi connectivity index (χ0v) is 40.8. The molecule has 0 aromatic carbocycles. The van der Waals surface area contributed by atoms with Crippen LogP contribution in [0.4, 0.5) is 0 Å². The van der Waals surface area contributed by atoms with Gasteiger partial charge in [-0.25, -0.2) is 4.79 Å². The van der Waals surface area contributed by atoms with E-state index in [1.54, 1.807) is 0 Å². The first kappa shape index (κ1) is 58.9. The molecule has 0 saturated carbocycles. The predicted molar refractivity (Wildman–Crippen MR) is 261 cm³/mol. The van der Waals surface area contributed by atoms with E-state index in [1.165, 1.54) is 161 Å². The fourth-order valence-corrected chi connectivity index (χ4v) is 8.74. The Balaban J connectivity index is 4.89. The maximum absolute atomic E-state index is 13.1. The molecule has 0 aliphatic rings. The Kier molecular flexibility index (Phi) is 44.3. The lowest BCUT2D eigenvalue weighted by molar-refractivity contribution is -0.170. The van der Waals surface area contributed by atoms with Gasteiger partial charge in [0.2, 0.25) is 0 Å². The average molecular weight is 859 g/mol. The van der Waals surface area contributed by atoms with Crippen molar-refractivity contribution < 1.29 is 29.3 Å². The summed E-state index contributed by atoms with van der Waals surface area (Å²) in [5.41, 5.74) is -1.21. The third-order valence-corrected chi connectivity index (χ3v) is 12.9. The van der Waals surface area contributed by atoms with Crippen molar-refractivity contribution in [3.8, 4) is 0 Å². The average Bonchev–Trinajstić information content (AvgIpc) is 3.24. The number of hydrogen-bond acceptors (Lipinski definition) is 4. The Morgan fingerprint density at radius 3 is 0.984 bits per heavy atom. The highest BCUT2D eigenvalue weighted by Crippen LogP contribution is 2.38. The number of carbonyl (C=O) groups excluding carboxylic acids is 1. The fourth-order valence-electron chi connectivity index (χ4n) is 8.74. The van der Waals surface area contributed by atoms with Crippen LogP contribution >= 0.6 is 0 Å². The van der Waals surface area contributed by atoms with Crippen LogP contribution in [-0.2, 0) is 19.1 Å². The van der Waals surface area contributed by atoms with Crippen LogP contribution in [-0.4, -0.2) is 34.2 Å². The molecule has 1 unspecified atom stereocenters. The second-order valence-electron chi connectivity index (χ2n) is 18.8. The van der Waals surface area contributed by atoms with Crippen LogP contribution in [0.3, 0.4) is 0 Å². The van der Waals surface area contributed by atoms with Gasteiger partial charge in [-0.1, -0.05) is 238 Å². The number of ether oxygens (including phenoxy) is 1. The standard InChI is InChI=1S/C55H102O6/c1-4-7-10-13-16-19-22-24-26-28-30-33-36-39-42-45-48-55(54(59)60,49-46-43-40-37-34-31-29-27-25-23-20-17-14-11-8-5-2)50-51(53(57)58)61-52(56)47-44-41-38-35-32-21-18-15-12-9-6-3/h24-27,51H,4-23,28-50H2,1-3H3,(H,57,58)(H,59,60)/b26-24-,27-25-. The number of aliphatic carboxylic acids is 2. The van der Waals surface area contributed by atoms with Gasteiger partial charge in [-0.05, 0) is 70.6 Å². The van der Waals surface area contributed by atoms with Gasteiger partial charge in [-0.3, -0.25) is 9.59 Å². The molecular formula is C55H102O6. The highest BCUT2D eigenvalue weighted by Gasteiger charge is 2.42. The maximum Gasteiger partial charge on any atom is 0.345 e. The Labute approximate surface area is 378 Å². The lowest BCUT2D eigenvalue weighted by atomic mass is 9.73. The summed E-state index contributed by atoms with van der Waals surface area (Å²) < 4.78 is 5.56. The zero-order valence-electron chi connectivity index (χ0n) is 40.8. The van der Waals surface area contributed by atoms with Crippen molar-refractivity contribution in [1.82, 2.24) is 0 Å². The minimum absolute atomic E-state index is 0.155. The molecule has 0 amide bonds. The van der Waals surface area contributed by atoms with Gasteiger partial charge in [-0.15, -0.1) is 0 Å². The summed E-state index contributed by atoms with van der Waals surface area (Å²) in [5, 5.41) is 20.9. The number of unbranched alkanes of at least 4 members (excludes halogenated alkanes) is 34. The first-order valence-electron chi connectivity index (χ1n) is 26.8. The quantitative estimate of drug-likeness (QED) is 0.0359. The van der Waals surface area contributed by atoms with Crippen LogP contribution in [0.1, 0.15) is 297 Å². The molecule has 0 aliphatic heterocycles. The van der Waals surface area contributed by atoms with Gasteiger partial charge in [0.15, 0.2) is 6.10 Å². The minimum atomic E-state index is -1.43. The fraction of sp³-hybridized carbons (Fsp3) is 0.873. The Hall–Kier alpha value is -2.11. The largest absolute Gasteiger partial charge is 0.481 e. The molecule has 0 fully saturated rings. The minimum Gasteiger partial charge on any atom is -0.481 e. The molecular weight excluding hydrogens is 757 g/mol. The second kappa shape index (κ2) is 45.9. The third kappa shape index (κ3) is 39.2. The zero-order chi connectivity index (χ0) is 44.8. The van der Waals surface area contributed by atoms with Gasteiger partial charge in [0.05, 0.1) is 5.41 Å². The smallest absolute Gasteiger partial charge is 0.345 e. The van der Waals surface area contributed by atoms with Crippen molar-refractivity contribution in [2.24, 2.45) is 5.41 Å². The number of carboxylic acid groups (broad SMARTS) is 2. The molecule has 0 spiro atoms. The van der Waals surface area contributed by atoms with E-state index in [0.717, 1.165) is 83.5 Å². The topological polar surface area (TPSA) is 101 Å². The lowest BCUT2D eigenvalue weighted by Gasteiger charge is -2.32. The highest BCUT2D eigenvalue weighted by atomic mass is 16.6. The maximum atomic E-state index is 13.1. The first-order chi connectivity index (χ1) is 29.8. The number of allylic oxidation sites excluding steroid dienone is 4. The molecule has 0 radical (unpaired) electrons. The van der Waals surface area contributed by atoms with Gasteiger partial charge in [0.1, 0.15) is 0 Å². The van der Waals surface area contributed by atoms with Crippen molar-refractivity contribution in [1.29, 1.82) is 0 Å². The number of carboxylic acids is 2. The number of hydrogen-bond donors (Lipinski definition) is 2. The van der Waals surface area contributed by atoms with Gasteiger partial charge in [-0.2, -0.15) is 0 Å². The second-order valence-corrected chi connectivity index (χ2v) is 18.8. The van der Waals surface area contributed by atoms with Crippen molar-refractivity contribution in [3.05, 3.63) is 24.3 Å². The summed E-state index contributed by atoms with van der Waals surface area (Å²) >= 11 is 0. The summed E-state index contributed by atoms with van der Waals surface area (Å²) in [4.78, 5) is 38.4. The Bertz CT molecular complexity index is 991. The molecule has 358 valence electrons. The SMILES string of the molecule is CCCCCCCC/C=C\CCCCCCCCC(CCCCCCCC/C=C\CCCCCCCC)(CC(OC(=O)CCCCCCCCCCCCC)C(=O)O)C(=O)O. The van der Waals surface area contributed by atoms with Gasteiger partial charge in [0, 0.05) is 12.8 Å². The Morgan fingerprint density at radius 1 is 0.410 bits per heavy atom. The summed E-state index contributed by atoms with van der Waals surface area (Å²) in [6, 6.07) is 0. The van der Waals surface area contributed by atoms with Crippen LogP contribution in [0, 0.1) is 5.41 Å². The van der Waals surface area contributed by atoms with Gasteiger partial charge in [0.25, 0.3) is 0 Å². The summed E-state index contributed by atoms with van der Waals surface area (Å²) in [5.74, 6) is -2.70. The molecule has 6 nitrogen and oxygen atoms in total. The van der Waals surface area contributed by atoms with Crippen LogP contribution in [0.5, 0.6) is 0 Å². The summed E-state index contributed by atoms with van der Waals surface area (Å²) in [6.45, 7) is 6.76. The van der Waals surface area contributed by atoms with Crippen molar-refractivity contribution in [2.45, 2.75) is 303 Å². The number of carbonyl (C=O) groups is 3. The lowest BCUT2D eigenvalue weighted by Crippen LogP contribution is -2.40. The molecule has 0 aromatic rings. The monoisotopic (exact) mass is 859 g/mol. The third-order valence-electron chi connectivity index (χ3n) is 12.9. The molecule has 2 N–H and O–H groups in total. The normalized spacial score (nSPS) is 12.5. The van der Waals surface area contributed by atoms with Crippen molar-refractivity contribution in [2.75, 3.05) is 0 Å². The van der Waals surface area contributed by atoms with E-state index in [9.17, 15) is 24.6 Å². The van der Waals surface area contributed by atoms with E-state index in [2.05, 4.69) is 45.1 Å². The van der Waals surface area contributed by atoms with E-state index in [1.807, 2.05) is 0 Å². The molecule has 0 bridgehead atoms. The Morgan fingerprint density at radius 2 is 0.689 bits per heavy atom.